The van der Waals surface area contributed by atoms with Crippen molar-refractivity contribution in [3.8, 4) is 0 Å². The molecule has 1 fully saturated rings. The van der Waals surface area contributed by atoms with Crippen LogP contribution in [0, 0.1) is 3.57 Å². The average molecular weight is 594 g/mol. The first-order valence-electron chi connectivity index (χ1n) is 7.21. The summed E-state index contributed by atoms with van der Waals surface area (Å²) in [5.41, 5.74) is -1.46. The van der Waals surface area contributed by atoms with Gasteiger partial charge in [0.2, 0.25) is 0 Å². The number of aliphatic hydroxyl groups is 1. The van der Waals surface area contributed by atoms with Crippen LogP contribution in [0.15, 0.2) is 15.8 Å². The van der Waals surface area contributed by atoms with Crippen molar-refractivity contribution in [2.24, 2.45) is 0 Å². The fraction of sp³-hybridized carbons (Fsp3) is 0.556. The summed E-state index contributed by atoms with van der Waals surface area (Å²) in [5.74, 6) is 0. The van der Waals surface area contributed by atoms with Crippen LogP contribution in [0.3, 0.4) is 0 Å². The molecule has 166 valence electrons. The normalized spacial score (nSPS) is 26.8. The summed E-state index contributed by atoms with van der Waals surface area (Å²) in [5, 5.41) is 9.98. The van der Waals surface area contributed by atoms with E-state index in [0.717, 1.165) is 4.57 Å². The fourth-order valence-corrected chi connectivity index (χ4v) is 5.65. The quantitative estimate of drug-likeness (QED) is 0.158. The number of nitrogens with one attached hydrogen (secondary N) is 1. The molecule has 0 saturated carbocycles. The summed E-state index contributed by atoms with van der Waals surface area (Å²) in [6, 6.07) is 0. The Kier molecular flexibility index (Phi) is 7.83. The van der Waals surface area contributed by atoms with Crippen LogP contribution < -0.4 is 11.2 Å². The predicted octanol–water partition coefficient (Wildman–Crippen LogP) is -0.867. The van der Waals surface area contributed by atoms with Crippen LogP contribution in [-0.2, 0) is 31.6 Å². The summed E-state index contributed by atoms with van der Waals surface area (Å²) >= 11 is 1.66. The molecule has 0 bridgehead atoms. The van der Waals surface area contributed by atoms with Gasteiger partial charge in [-0.2, -0.15) is 8.62 Å². The van der Waals surface area contributed by atoms with E-state index in [4.69, 9.17) is 19.4 Å². The minimum Gasteiger partial charge on any atom is -0.390 e. The van der Waals surface area contributed by atoms with E-state index in [1.165, 1.54) is 6.20 Å². The molecule has 0 amide bonds. The molecule has 6 N–H and O–H groups in total. The van der Waals surface area contributed by atoms with Gasteiger partial charge in [-0.25, -0.2) is 18.5 Å². The van der Waals surface area contributed by atoms with Gasteiger partial charge in [-0.15, -0.1) is 0 Å². The molecule has 0 aliphatic carbocycles. The van der Waals surface area contributed by atoms with Gasteiger partial charge in [-0.3, -0.25) is 18.9 Å². The molecular formula is C9H14IN2O14P3. The molecule has 0 aromatic carbocycles. The number of aromatic nitrogens is 2. The Balaban J connectivity index is 2.03. The zero-order valence-electron chi connectivity index (χ0n) is 13.8. The van der Waals surface area contributed by atoms with Crippen molar-refractivity contribution in [2.45, 2.75) is 24.9 Å². The maximum atomic E-state index is 11.9. The number of phosphoric ester groups is 1. The monoisotopic (exact) mass is 594 g/mol. The second-order valence-electron chi connectivity index (χ2n) is 5.46. The lowest BCUT2D eigenvalue weighted by molar-refractivity contribution is -0.0450. The summed E-state index contributed by atoms with van der Waals surface area (Å²) in [6.07, 6.45) is -2.70. The average Bonchev–Trinajstić information content (AvgIpc) is 2.86. The number of halogens is 1. The predicted molar refractivity (Wildman–Crippen MR) is 98.4 cm³/mol. The summed E-state index contributed by atoms with van der Waals surface area (Å²) < 4.78 is 51.4. The van der Waals surface area contributed by atoms with Crippen molar-refractivity contribution in [2.75, 3.05) is 6.61 Å². The summed E-state index contributed by atoms with van der Waals surface area (Å²) in [4.78, 5) is 60.6. The molecule has 0 spiro atoms. The van der Waals surface area contributed by atoms with Crippen LogP contribution in [-0.4, -0.2) is 53.0 Å². The van der Waals surface area contributed by atoms with Crippen LogP contribution in [0.25, 0.3) is 0 Å². The van der Waals surface area contributed by atoms with Crippen LogP contribution in [0.4, 0.5) is 0 Å². The molecule has 16 nitrogen and oxygen atoms in total. The third-order valence-electron chi connectivity index (χ3n) is 3.26. The Morgan fingerprint density at radius 3 is 2.38 bits per heavy atom. The lowest BCUT2D eigenvalue weighted by Crippen LogP contribution is -2.33. The maximum Gasteiger partial charge on any atom is 0.490 e. The molecule has 29 heavy (non-hydrogen) atoms. The Morgan fingerprint density at radius 1 is 1.17 bits per heavy atom. The first-order valence-corrected chi connectivity index (χ1v) is 12.8. The third kappa shape index (κ3) is 7.43. The number of ether oxygens (including phenoxy) is 1. The molecule has 2 unspecified atom stereocenters. The molecule has 1 aromatic heterocycles. The molecule has 1 aliphatic rings. The standard InChI is InChI=1S/C9H14IN2O14P3/c10-4-2-12(9(15)11-8(4)14)7-1-5(13)6(24-7)3-23-28(19,20)26-29(21,22)25-27(16,17)18/h2,5-7,13H,1,3H2,(H,19,20)(H,21,22)(H,11,14,15)(H2,16,17,18)/t5-,6-,7-/m1/s1. The minimum absolute atomic E-state index is 0.150. The van der Waals surface area contributed by atoms with Gasteiger partial charge in [0, 0.05) is 12.6 Å². The van der Waals surface area contributed by atoms with Gasteiger partial charge in [0.05, 0.1) is 16.3 Å². The number of aliphatic hydroxyl groups excluding tert-OH is 1. The first-order chi connectivity index (χ1) is 13.1. The topological polar surface area (TPSA) is 244 Å². The number of hydrogen-bond acceptors (Lipinski definition) is 10. The van der Waals surface area contributed by atoms with E-state index in [9.17, 15) is 33.3 Å². The highest BCUT2D eigenvalue weighted by Gasteiger charge is 2.42. The Labute approximate surface area is 174 Å². The van der Waals surface area contributed by atoms with E-state index in [2.05, 4.69) is 13.1 Å². The third-order valence-corrected chi connectivity index (χ3v) is 7.83. The number of hydrogen-bond donors (Lipinski definition) is 6. The van der Waals surface area contributed by atoms with E-state index in [1.807, 2.05) is 4.98 Å². The van der Waals surface area contributed by atoms with Gasteiger partial charge in [0.15, 0.2) is 0 Å². The lowest BCUT2D eigenvalue weighted by Gasteiger charge is -2.19. The fourth-order valence-electron chi connectivity index (χ4n) is 2.18. The zero-order chi connectivity index (χ0) is 22.2. The minimum atomic E-state index is -5.67. The number of aromatic amines is 1. The van der Waals surface area contributed by atoms with Gasteiger partial charge in [0.25, 0.3) is 5.56 Å². The number of H-pyrrole nitrogens is 1. The van der Waals surface area contributed by atoms with E-state index in [0.29, 0.717) is 0 Å². The van der Waals surface area contributed by atoms with Crippen LogP contribution in [0.5, 0.6) is 0 Å². The largest absolute Gasteiger partial charge is 0.490 e. The number of rotatable bonds is 8. The van der Waals surface area contributed by atoms with Crippen molar-refractivity contribution in [1.29, 1.82) is 0 Å². The van der Waals surface area contributed by atoms with Gasteiger partial charge in [0.1, 0.15) is 12.3 Å². The van der Waals surface area contributed by atoms with Crippen LogP contribution in [0.2, 0.25) is 0 Å². The van der Waals surface area contributed by atoms with Crippen molar-refractivity contribution in [1.82, 2.24) is 9.55 Å². The molecule has 0 radical (unpaired) electrons. The molecule has 1 aromatic rings. The molecule has 1 saturated heterocycles. The zero-order valence-corrected chi connectivity index (χ0v) is 18.6. The smallest absolute Gasteiger partial charge is 0.390 e. The van der Waals surface area contributed by atoms with E-state index in [-0.39, 0.29) is 9.99 Å². The van der Waals surface area contributed by atoms with Crippen molar-refractivity contribution in [3.63, 3.8) is 0 Å². The Bertz CT molecular complexity index is 1020. The van der Waals surface area contributed by atoms with Gasteiger partial charge in [-0.05, 0) is 22.6 Å². The summed E-state index contributed by atoms with van der Waals surface area (Å²) in [6.45, 7) is -0.878. The highest BCUT2D eigenvalue weighted by atomic mass is 127. The molecule has 2 heterocycles. The Morgan fingerprint density at radius 2 is 1.79 bits per heavy atom. The lowest BCUT2D eigenvalue weighted by atomic mass is 10.2. The number of nitrogens with zero attached hydrogens (tertiary/aromatic N) is 1. The SMILES string of the molecule is O=c1[nH]c(=O)n([C@H]2C[C@@H](O)[C@@H](COP(=O)(O)OP(=O)(O)OP(=O)(O)O)O2)cc1I. The van der Waals surface area contributed by atoms with E-state index in [1.54, 1.807) is 22.6 Å². The highest BCUT2D eigenvalue weighted by Crippen LogP contribution is 2.66. The second kappa shape index (κ2) is 9.08. The first kappa shape index (κ1) is 25.0. The number of phosphoric acid groups is 3. The van der Waals surface area contributed by atoms with E-state index < -0.39 is 59.8 Å². The van der Waals surface area contributed by atoms with Gasteiger partial charge < -0.3 is 29.4 Å². The van der Waals surface area contributed by atoms with Gasteiger partial charge in [-0.1, -0.05) is 0 Å². The molecule has 2 rings (SSSR count). The Hall–Kier alpha value is -0.260. The van der Waals surface area contributed by atoms with Crippen LogP contribution >= 0.6 is 46.1 Å². The van der Waals surface area contributed by atoms with E-state index >= 15 is 0 Å². The molecular weight excluding hydrogens is 580 g/mol. The van der Waals surface area contributed by atoms with Gasteiger partial charge >= 0.3 is 29.2 Å². The second-order valence-corrected chi connectivity index (χ2v) is 11.0. The summed E-state index contributed by atoms with van der Waals surface area (Å²) in [7, 11) is -16.6. The highest BCUT2D eigenvalue weighted by molar-refractivity contribution is 14.1. The van der Waals surface area contributed by atoms with Crippen LogP contribution in [0.1, 0.15) is 12.6 Å². The maximum absolute atomic E-state index is 11.9. The van der Waals surface area contributed by atoms with Crippen molar-refractivity contribution in [3.05, 3.63) is 30.6 Å². The van der Waals surface area contributed by atoms with Crippen molar-refractivity contribution >= 4 is 46.1 Å². The molecule has 1 aliphatic heterocycles. The van der Waals surface area contributed by atoms with Crippen molar-refractivity contribution < 1.29 is 56.3 Å². The molecule has 5 atom stereocenters. The molecule has 20 heteroatoms.